The highest BCUT2D eigenvalue weighted by Crippen LogP contribution is 2.31. The van der Waals surface area contributed by atoms with Gasteiger partial charge in [-0.05, 0) is 36.4 Å². The Labute approximate surface area is 151 Å². The monoisotopic (exact) mass is 350 g/mol. The highest BCUT2D eigenvalue weighted by molar-refractivity contribution is 6.03. The van der Waals surface area contributed by atoms with Crippen molar-refractivity contribution in [2.24, 2.45) is 0 Å². The first-order valence-corrected chi connectivity index (χ1v) is 7.86. The van der Waals surface area contributed by atoms with Crippen molar-refractivity contribution in [3.8, 4) is 11.5 Å². The maximum Gasteiger partial charge on any atom is 0.257 e. The van der Waals surface area contributed by atoms with Gasteiger partial charge in [0.1, 0.15) is 17.3 Å². The molecule has 0 unspecified atom stereocenters. The van der Waals surface area contributed by atoms with Crippen LogP contribution in [-0.4, -0.2) is 30.1 Å². The van der Waals surface area contributed by atoms with Crippen LogP contribution in [0.4, 0.5) is 17.2 Å². The molecule has 2 aromatic heterocycles. The summed E-state index contributed by atoms with van der Waals surface area (Å²) in [6, 6.07) is 12.4. The predicted molar refractivity (Wildman–Crippen MR) is 99.3 cm³/mol. The highest BCUT2D eigenvalue weighted by atomic mass is 16.5. The van der Waals surface area contributed by atoms with Crippen molar-refractivity contribution in [3.05, 3.63) is 66.6 Å². The van der Waals surface area contributed by atoms with Gasteiger partial charge in [0, 0.05) is 18.5 Å². The number of hydrogen-bond donors (Lipinski definition) is 2. The molecule has 0 aliphatic heterocycles. The summed E-state index contributed by atoms with van der Waals surface area (Å²) in [5.74, 6) is 1.72. The zero-order valence-corrected chi connectivity index (χ0v) is 14.4. The first-order chi connectivity index (χ1) is 12.7. The van der Waals surface area contributed by atoms with Gasteiger partial charge >= 0.3 is 0 Å². The molecule has 0 aliphatic carbocycles. The molecule has 0 atom stereocenters. The molecule has 0 radical (unpaired) electrons. The number of carbonyl (C=O) groups is 1. The van der Waals surface area contributed by atoms with E-state index in [1.807, 2.05) is 12.1 Å². The molecule has 0 bridgehead atoms. The molecule has 1 aromatic carbocycles. The van der Waals surface area contributed by atoms with Gasteiger partial charge in [0.2, 0.25) is 0 Å². The lowest BCUT2D eigenvalue weighted by molar-refractivity contribution is 0.102. The molecule has 26 heavy (non-hydrogen) atoms. The van der Waals surface area contributed by atoms with E-state index in [4.69, 9.17) is 9.47 Å². The summed E-state index contributed by atoms with van der Waals surface area (Å²) in [4.78, 5) is 20.4. The average molecular weight is 350 g/mol. The van der Waals surface area contributed by atoms with Gasteiger partial charge in [-0.25, -0.2) is 4.98 Å². The second-order valence-corrected chi connectivity index (χ2v) is 5.32. The standard InChI is InChI=1S/C19H18N4O3/c1-25-15-6-7-16(17(10-15)26-2)23-18-8-5-14(12-21-18)22-19(24)13-4-3-9-20-11-13/h3-12H,1-2H3,(H,21,23)(H,22,24). The van der Waals surface area contributed by atoms with Crippen LogP contribution in [0.15, 0.2) is 61.1 Å². The second-order valence-electron chi connectivity index (χ2n) is 5.32. The molecular weight excluding hydrogens is 332 g/mol. The van der Waals surface area contributed by atoms with Gasteiger partial charge in [0.25, 0.3) is 5.91 Å². The van der Waals surface area contributed by atoms with Crippen molar-refractivity contribution < 1.29 is 14.3 Å². The zero-order chi connectivity index (χ0) is 18.4. The SMILES string of the molecule is COc1ccc(Nc2ccc(NC(=O)c3cccnc3)cn2)c(OC)c1. The van der Waals surface area contributed by atoms with Crippen molar-refractivity contribution in [2.45, 2.75) is 0 Å². The molecule has 2 heterocycles. The molecule has 2 N–H and O–H groups in total. The smallest absolute Gasteiger partial charge is 0.257 e. The normalized spacial score (nSPS) is 10.1. The molecule has 0 saturated carbocycles. The lowest BCUT2D eigenvalue weighted by atomic mass is 10.2. The Balaban J connectivity index is 1.69. The number of carbonyl (C=O) groups excluding carboxylic acids is 1. The number of benzene rings is 1. The van der Waals surface area contributed by atoms with Gasteiger partial charge in [0.05, 0.1) is 37.4 Å². The summed E-state index contributed by atoms with van der Waals surface area (Å²) in [6.45, 7) is 0. The summed E-state index contributed by atoms with van der Waals surface area (Å²) in [7, 11) is 3.19. The van der Waals surface area contributed by atoms with Gasteiger partial charge in [-0.3, -0.25) is 9.78 Å². The molecule has 0 aliphatic rings. The van der Waals surface area contributed by atoms with Crippen molar-refractivity contribution >= 4 is 23.1 Å². The Kier molecular flexibility index (Phi) is 5.28. The van der Waals surface area contributed by atoms with Crippen LogP contribution in [0.5, 0.6) is 11.5 Å². The van der Waals surface area contributed by atoms with E-state index in [0.717, 1.165) is 5.69 Å². The number of ether oxygens (including phenoxy) is 2. The quantitative estimate of drug-likeness (QED) is 0.708. The van der Waals surface area contributed by atoms with Gasteiger partial charge in [-0.2, -0.15) is 0 Å². The van der Waals surface area contributed by atoms with Crippen LogP contribution in [0.1, 0.15) is 10.4 Å². The van der Waals surface area contributed by atoms with Crippen molar-refractivity contribution in [1.29, 1.82) is 0 Å². The Morgan fingerprint density at radius 3 is 2.58 bits per heavy atom. The van der Waals surface area contributed by atoms with E-state index >= 15 is 0 Å². The lowest BCUT2D eigenvalue weighted by Crippen LogP contribution is -2.12. The molecule has 7 heteroatoms. The van der Waals surface area contributed by atoms with Crippen LogP contribution in [0.3, 0.4) is 0 Å². The number of nitrogens with zero attached hydrogens (tertiary/aromatic N) is 2. The van der Waals surface area contributed by atoms with Crippen LogP contribution in [0, 0.1) is 0 Å². The third-order valence-corrected chi connectivity index (χ3v) is 3.62. The summed E-state index contributed by atoms with van der Waals surface area (Å²) in [6.07, 6.45) is 4.70. The molecule has 7 nitrogen and oxygen atoms in total. The van der Waals surface area contributed by atoms with E-state index in [2.05, 4.69) is 20.6 Å². The Morgan fingerprint density at radius 1 is 1.04 bits per heavy atom. The predicted octanol–water partition coefficient (Wildman–Crippen LogP) is 3.49. The number of nitrogens with one attached hydrogen (secondary N) is 2. The Bertz CT molecular complexity index is 883. The summed E-state index contributed by atoms with van der Waals surface area (Å²) >= 11 is 0. The molecule has 1 amide bonds. The van der Waals surface area contributed by atoms with Crippen LogP contribution in [-0.2, 0) is 0 Å². The summed E-state index contributed by atoms with van der Waals surface area (Å²) < 4.78 is 10.5. The summed E-state index contributed by atoms with van der Waals surface area (Å²) in [5.41, 5.74) is 1.83. The topological polar surface area (TPSA) is 85.4 Å². The molecule has 3 rings (SSSR count). The van der Waals surface area contributed by atoms with Crippen molar-refractivity contribution in [3.63, 3.8) is 0 Å². The third kappa shape index (κ3) is 4.07. The number of rotatable bonds is 6. The van der Waals surface area contributed by atoms with E-state index in [-0.39, 0.29) is 5.91 Å². The van der Waals surface area contributed by atoms with E-state index in [1.165, 1.54) is 6.20 Å². The third-order valence-electron chi connectivity index (χ3n) is 3.62. The zero-order valence-electron chi connectivity index (χ0n) is 14.4. The molecule has 0 saturated heterocycles. The minimum Gasteiger partial charge on any atom is -0.497 e. The molecule has 0 spiro atoms. The van der Waals surface area contributed by atoms with Crippen LogP contribution in [0.2, 0.25) is 0 Å². The van der Waals surface area contributed by atoms with E-state index in [1.54, 1.807) is 56.9 Å². The van der Waals surface area contributed by atoms with E-state index in [0.29, 0.717) is 28.6 Å². The maximum atomic E-state index is 12.1. The van der Waals surface area contributed by atoms with Gasteiger partial charge in [-0.15, -0.1) is 0 Å². The van der Waals surface area contributed by atoms with Crippen LogP contribution < -0.4 is 20.1 Å². The van der Waals surface area contributed by atoms with Gasteiger partial charge in [-0.1, -0.05) is 0 Å². The largest absolute Gasteiger partial charge is 0.497 e. The number of anilines is 3. The number of amides is 1. The molecular formula is C19H18N4O3. The Morgan fingerprint density at radius 2 is 1.92 bits per heavy atom. The summed E-state index contributed by atoms with van der Waals surface area (Å²) in [5, 5.41) is 5.95. The first kappa shape index (κ1) is 17.2. The first-order valence-electron chi connectivity index (χ1n) is 7.86. The van der Waals surface area contributed by atoms with Crippen molar-refractivity contribution in [2.75, 3.05) is 24.9 Å². The van der Waals surface area contributed by atoms with Crippen molar-refractivity contribution in [1.82, 2.24) is 9.97 Å². The second kappa shape index (κ2) is 7.98. The van der Waals surface area contributed by atoms with E-state index in [9.17, 15) is 4.79 Å². The fraction of sp³-hybridized carbons (Fsp3) is 0.105. The average Bonchev–Trinajstić information content (AvgIpc) is 2.70. The van der Waals surface area contributed by atoms with Gasteiger partial charge in [0.15, 0.2) is 0 Å². The minimum atomic E-state index is -0.238. The minimum absolute atomic E-state index is 0.238. The fourth-order valence-corrected chi connectivity index (χ4v) is 2.28. The van der Waals surface area contributed by atoms with Gasteiger partial charge < -0.3 is 20.1 Å². The highest BCUT2D eigenvalue weighted by Gasteiger charge is 2.08. The molecule has 132 valence electrons. The molecule has 0 fully saturated rings. The number of methoxy groups -OCH3 is 2. The lowest BCUT2D eigenvalue weighted by Gasteiger charge is -2.12. The number of hydrogen-bond acceptors (Lipinski definition) is 6. The molecule has 3 aromatic rings. The van der Waals surface area contributed by atoms with Crippen LogP contribution in [0.25, 0.3) is 0 Å². The van der Waals surface area contributed by atoms with E-state index < -0.39 is 0 Å². The Hall–Kier alpha value is -3.61. The van der Waals surface area contributed by atoms with Crippen LogP contribution >= 0.6 is 0 Å². The fourth-order valence-electron chi connectivity index (χ4n) is 2.28. The maximum absolute atomic E-state index is 12.1. The number of aromatic nitrogens is 2. The number of pyridine rings is 2.